The Balaban J connectivity index is 2.08. The molecule has 1 N–H and O–H groups in total. The van der Waals surface area contributed by atoms with Crippen LogP contribution in [0, 0.1) is 0 Å². The summed E-state index contributed by atoms with van der Waals surface area (Å²) in [6, 6.07) is 3.52. The number of aliphatic hydroxyl groups excluding tert-OH is 1. The zero-order valence-electron chi connectivity index (χ0n) is 12.6. The first-order valence-electron chi connectivity index (χ1n) is 7.18. The minimum absolute atomic E-state index is 0.144. The van der Waals surface area contributed by atoms with Crippen LogP contribution in [0.4, 0.5) is 13.2 Å². The molecule has 130 valence electrons. The number of sulfonamides is 1. The monoisotopic (exact) mass is 352 g/mol. The summed E-state index contributed by atoms with van der Waals surface area (Å²) in [4.78, 5) is 1.80. The summed E-state index contributed by atoms with van der Waals surface area (Å²) in [5.74, 6) is 0. The molecule has 0 aromatic heterocycles. The first kappa shape index (κ1) is 18.2. The Hall–Kier alpha value is -1.16. The molecule has 9 heteroatoms. The highest BCUT2D eigenvalue weighted by Gasteiger charge is 2.32. The summed E-state index contributed by atoms with van der Waals surface area (Å²) in [6.07, 6.45) is -4.98. The third-order valence-corrected chi connectivity index (χ3v) is 5.59. The molecule has 1 heterocycles. The van der Waals surface area contributed by atoms with Crippen molar-refractivity contribution >= 4 is 10.0 Å². The second-order valence-corrected chi connectivity index (χ2v) is 7.51. The maximum Gasteiger partial charge on any atom is 0.416 e. The molecule has 23 heavy (non-hydrogen) atoms. The summed E-state index contributed by atoms with van der Waals surface area (Å²) in [6.45, 7) is 3.57. The van der Waals surface area contributed by atoms with Crippen molar-refractivity contribution in [1.82, 2.24) is 9.21 Å². The highest BCUT2D eigenvalue weighted by molar-refractivity contribution is 7.89. The lowest BCUT2D eigenvalue weighted by molar-refractivity contribution is -0.137. The van der Waals surface area contributed by atoms with Crippen molar-refractivity contribution in [3.05, 3.63) is 29.8 Å². The number of piperazine rings is 1. The van der Waals surface area contributed by atoms with Crippen LogP contribution in [-0.2, 0) is 16.2 Å². The Morgan fingerprint density at radius 3 is 2.09 bits per heavy atom. The Morgan fingerprint density at radius 2 is 1.65 bits per heavy atom. The van der Waals surface area contributed by atoms with E-state index in [9.17, 15) is 26.7 Å². The molecule has 1 aromatic rings. The van der Waals surface area contributed by atoms with Gasteiger partial charge < -0.3 is 5.11 Å². The van der Waals surface area contributed by atoms with Gasteiger partial charge in [-0.15, -0.1) is 0 Å². The number of alkyl halides is 3. The average molecular weight is 352 g/mol. The maximum absolute atomic E-state index is 12.5. The van der Waals surface area contributed by atoms with Gasteiger partial charge in [-0.25, -0.2) is 8.42 Å². The Kier molecular flexibility index (Phi) is 5.34. The zero-order chi connectivity index (χ0) is 17.3. The molecule has 1 atom stereocenters. The van der Waals surface area contributed by atoms with Gasteiger partial charge in [-0.2, -0.15) is 17.5 Å². The van der Waals surface area contributed by atoms with E-state index in [0.717, 1.165) is 24.3 Å². The van der Waals surface area contributed by atoms with Crippen LogP contribution in [-0.4, -0.2) is 61.6 Å². The molecule has 0 unspecified atom stereocenters. The number of nitrogens with zero attached hydrogens (tertiary/aromatic N) is 2. The molecular formula is C14H19F3N2O3S. The quantitative estimate of drug-likeness (QED) is 0.890. The minimum Gasteiger partial charge on any atom is -0.392 e. The molecular weight excluding hydrogens is 333 g/mol. The number of hydrogen-bond acceptors (Lipinski definition) is 4. The topological polar surface area (TPSA) is 60.9 Å². The van der Waals surface area contributed by atoms with Gasteiger partial charge >= 0.3 is 6.18 Å². The van der Waals surface area contributed by atoms with Gasteiger partial charge in [0, 0.05) is 32.7 Å². The molecule has 1 aliphatic heterocycles. The van der Waals surface area contributed by atoms with Crippen LogP contribution in [0.5, 0.6) is 0 Å². The third-order valence-electron chi connectivity index (χ3n) is 3.67. The SMILES string of the molecule is C[C@@H](O)CN1CCN(S(=O)(=O)c2ccc(C(F)(F)F)cc2)CC1. The molecule has 0 spiro atoms. The van der Waals surface area contributed by atoms with Gasteiger partial charge in [0.1, 0.15) is 0 Å². The van der Waals surface area contributed by atoms with E-state index in [1.165, 1.54) is 4.31 Å². The van der Waals surface area contributed by atoms with E-state index in [1.807, 2.05) is 4.90 Å². The van der Waals surface area contributed by atoms with Crippen molar-refractivity contribution < 1.29 is 26.7 Å². The van der Waals surface area contributed by atoms with Crippen LogP contribution in [0.2, 0.25) is 0 Å². The summed E-state index contributed by atoms with van der Waals surface area (Å²) in [5.41, 5.74) is -0.877. The van der Waals surface area contributed by atoms with Crippen molar-refractivity contribution in [2.45, 2.75) is 24.1 Å². The Bertz CT molecular complexity index is 622. The molecule has 0 bridgehead atoms. The van der Waals surface area contributed by atoms with Gasteiger partial charge in [0.25, 0.3) is 0 Å². The second kappa shape index (κ2) is 6.76. The minimum atomic E-state index is -4.49. The number of β-amino-alcohol motifs (C(OH)–C–C–N with tert-alkyl or cyclic N) is 1. The van der Waals surface area contributed by atoms with E-state index in [2.05, 4.69) is 0 Å². The van der Waals surface area contributed by atoms with E-state index in [1.54, 1.807) is 6.92 Å². The summed E-state index contributed by atoms with van der Waals surface area (Å²) >= 11 is 0. The van der Waals surface area contributed by atoms with Gasteiger partial charge in [-0.05, 0) is 31.2 Å². The van der Waals surface area contributed by atoms with Crippen molar-refractivity contribution in [3.63, 3.8) is 0 Å². The molecule has 0 radical (unpaired) electrons. The fourth-order valence-corrected chi connectivity index (χ4v) is 3.91. The molecule has 1 fully saturated rings. The number of rotatable bonds is 4. The van der Waals surface area contributed by atoms with E-state index in [0.29, 0.717) is 19.6 Å². The Morgan fingerprint density at radius 1 is 1.13 bits per heavy atom. The van der Waals surface area contributed by atoms with E-state index < -0.39 is 27.9 Å². The summed E-state index contributed by atoms with van der Waals surface area (Å²) in [7, 11) is -3.80. The standard InChI is InChI=1S/C14H19F3N2O3S/c1-11(20)10-18-6-8-19(9-7-18)23(21,22)13-4-2-12(3-5-13)14(15,16)17/h2-5,11,20H,6-10H2,1H3/t11-/m1/s1. The number of hydrogen-bond donors (Lipinski definition) is 1. The maximum atomic E-state index is 12.5. The third kappa shape index (κ3) is 4.43. The van der Waals surface area contributed by atoms with Crippen LogP contribution < -0.4 is 0 Å². The lowest BCUT2D eigenvalue weighted by atomic mass is 10.2. The number of halogens is 3. The first-order valence-corrected chi connectivity index (χ1v) is 8.62. The molecule has 0 saturated carbocycles. The van der Waals surface area contributed by atoms with E-state index >= 15 is 0 Å². The molecule has 1 aromatic carbocycles. The van der Waals surface area contributed by atoms with Crippen LogP contribution in [0.1, 0.15) is 12.5 Å². The van der Waals surface area contributed by atoms with Gasteiger partial charge in [0.15, 0.2) is 0 Å². The van der Waals surface area contributed by atoms with E-state index in [-0.39, 0.29) is 18.0 Å². The van der Waals surface area contributed by atoms with Gasteiger partial charge in [-0.1, -0.05) is 0 Å². The van der Waals surface area contributed by atoms with Gasteiger partial charge in [0.2, 0.25) is 10.0 Å². The highest BCUT2D eigenvalue weighted by Crippen LogP contribution is 2.30. The largest absolute Gasteiger partial charge is 0.416 e. The summed E-state index contributed by atoms with van der Waals surface area (Å²) < 4.78 is 63.8. The fraction of sp³-hybridized carbons (Fsp3) is 0.571. The zero-order valence-corrected chi connectivity index (χ0v) is 13.4. The van der Waals surface area contributed by atoms with Crippen LogP contribution in [0.3, 0.4) is 0 Å². The van der Waals surface area contributed by atoms with E-state index in [4.69, 9.17) is 0 Å². The second-order valence-electron chi connectivity index (χ2n) is 5.58. The van der Waals surface area contributed by atoms with Gasteiger partial charge in [-0.3, -0.25) is 4.90 Å². The molecule has 1 aliphatic rings. The number of benzene rings is 1. The van der Waals surface area contributed by atoms with Crippen molar-refractivity contribution in [3.8, 4) is 0 Å². The smallest absolute Gasteiger partial charge is 0.392 e. The molecule has 1 saturated heterocycles. The predicted octanol–water partition coefficient (Wildman–Crippen LogP) is 1.39. The normalized spacial score (nSPS) is 19.7. The van der Waals surface area contributed by atoms with Crippen molar-refractivity contribution in [2.24, 2.45) is 0 Å². The predicted molar refractivity (Wildman–Crippen MR) is 78.3 cm³/mol. The average Bonchev–Trinajstić information content (AvgIpc) is 2.46. The van der Waals surface area contributed by atoms with Crippen molar-refractivity contribution in [2.75, 3.05) is 32.7 Å². The lowest BCUT2D eigenvalue weighted by Gasteiger charge is -2.34. The van der Waals surface area contributed by atoms with Crippen LogP contribution >= 0.6 is 0 Å². The van der Waals surface area contributed by atoms with Crippen LogP contribution in [0.15, 0.2) is 29.2 Å². The van der Waals surface area contributed by atoms with Crippen LogP contribution in [0.25, 0.3) is 0 Å². The van der Waals surface area contributed by atoms with Crippen molar-refractivity contribution in [1.29, 1.82) is 0 Å². The molecule has 0 aliphatic carbocycles. The molecule has 0 amide bonds. The summed E-state index contributed by atoms with van der Waals surface area (Å²) in [5, 5.41) is 9.33. The Labute approximate surface area is 133 Å². The molecule has 2 rings (SSSR count). The number of aliphatic hydroxyl groups is 1. The molecule has 5 nitrogen and oxygen atoms in total. The van der Waals surface area contributed by atoms with Gasteiger partial charge in [0.05, 0.1) is 16.6 Å². The highest BCUT2D eigenvalue weighted by atomic mass is 32.2. The fourth-order valence-electron chi connectivity index (χ4n) is 2.49. The lowest BCUT2D eigenvalue weighted by Crippen LogP contribution is -2.50. The first-order chi connectivity index (χ1) is 10.6.